The monoisotopic (exact) mass is 290 g/mol. The first-order valence-electron chi connectivity index (χ1n) is 7.14. The molecule has 0 aliphatic heterocycles. The van der Waals surface area contributed by atoms with Gasteiger partial charge in [-0.25, -0.2) is 4.79 Å². The molecule has 1 fully saturated rings. The van der Waals surface area contributed by atoms with Gasteiger partial charge >= 0.3 is 5.97 Å². The van der Waals surface area contributed by atoms with E-state index in [1.165, 1.54) is 0 Å². The van der Waals surface area contributed by atoms with Crippen LogP contribution < -0.4 is 16.2 Å². The maximum atomic E-state index is 11.5. The molecule has 1 aromatic carbocycles. The number of anilines is 2. The van der Waals surface area contributed by atoms with Gasteiger partial charge in [-0.15, -0.1) is 0 Å². The molecule has 0 amide bonds. The molecule has 21 heavy (non-hydrogen) atoms. The third kappa shape index (κ3) is 4.15. The van der Waals surface area contributed by atoms with Crippen LogP contribution in [0.1, 0.15) is 32.6 Å². The molecule has 0 bridgehead atoms. The van der Waals surface area contributed by atoms with Gasteiger partial charge in [-0.05, 0) is 44.7 Å². The minimum atomic E-state index is -0.320. The summed E-state index contributed by atoms with van der Waals surface area (Å²) in [5.41, 5.74) is 13.3. The van der Waals surface area contributed by atoms with Gasteiger partial charge in [0.05, 0.1) is 11.8 Å². The van der Waals surface area contributed by atoms with E-state index < -0.39 is 0 Å². The highest BCUT2D eigenvalue weighted by Crippen LogP contribution is 2.30. The quantitative estimate of drug-likeness (QED) is 0.505. The van der Waals surface area contributed by atoms with Crippen molar-refractivity contribution in [1.82, 2.24) is 0 Å². The van der Waals surface area contributed by atoms with E-state index in [2.05, 4.69) is 6.58 Å². The Labute approximate surface area is 124 Å². The second kappa shape index (κ2) is 6.52. The normalized spacial score (nSPS) is 21.6. The zero-order valence-electron chi connectivity index (χ0n) is 12.3. The van der Waals surface area contributed by atoms with Crippen LogP contribution >= 0.6 is 0 Å². The van der Waals surface area contributed by atoms with Gasteiger partial charge in [0, 0.05) is 17.3 Å². The van der Waals surface area contributed by atoms with Crippen LogP contribution in [-0.4, -0.2) is 18.2 Å². The van der Waals surface area contributed by atoms with Crippen LogP contribution in [0.25, 0.3) is 0 Å². The number of hydrogen-bond donors (Lipinski definition) is 2. The predicted molar refractivity (Wildman–Crippen MR) is 82.8 cm³/mol. The van der Waals surface area contributed by atoms with Crippen molar-refractivity contribution in [2.45, 2.75) is 44.8 Å². The van der Waals surface area contributed by atoms with Gasteiger partial charge in [0.25, 0.3) is 0 Å². The van der Waals surface area contributed by atoms with E-state index >= 15 is 0 Å². The number of hydrogen-bond acceptors (Lipinski definition) is 5. The summed E-state index contributed by atoms with van der Waals surface area (Å²) in [5.74, 6) is 0.303. The molecule has 0 unspecified atom stereocenters. The molecule has 1 aromatic rings. The van der Waals surface area contributed by atoms with Gasteiger partial charge in [-0.1, -0.05) is 6.58 Å². The summed E-state index contributed by atoms with van der Waals surface area (Å²) < 4.78 is 11.3. The first-order valence-corrected chi connectivity index (χ1v) is 7.14. The highest BCUT2D eigenvalue weighted by Gasteiger charge is 2.25. The Kier molecular flexibility index (Phi) is 4.73. The van der Waals surface area contributed by atoms with Gasteiger partial charge in [0.15, 0.2) is 0 Å². The van der Waals surface area contributed by atoms with Crippen molar-refractivity contribution >= 4 is 17.3 Å². The van der Waals surface area contributed by atoms with Crippen LogP contribution in [0.5, 0.6) is 5.75 Å². The van der Waals surface area contributed by atoms with E-state index in [1.54, 1.807) is 25.1 Å². The van der Waals surface area contributed by atoms with Crippen LogP contribution in [0, 0.1) is 0 Å². The molecule has 0 heterocycles. The van der Waals surface area contributed by atoms with E-state index in [0.717, 1.165) is 25.7 Å². The standard InChI is InChI=1S/C16H22N2O3/c1-10(2)16(19)21-13-6-4-12(5-7-13)20-15-9-11(17)3-8-14(15)18/h3,8-9,12-13H,1,4-7,17-18H2,2H3. The zero-order valence-corrected chi connectivity index (χ0v) is 12.3. The summed E-state index contributed by atoms with van der Waals surface area (Å²) in [6, 6.07) is 5.23. The molecule has 0 atom stereocenters. The second-order valence-electron chi connectivity index (χ2n) is 5.50. The zero-order chi connectivity index (χ0) is 15.4. The maximum Gasteiger partial charge on any atom is 0.333 e. The SMILES string of the molecule is C=C(C)C(=O)OC1CCC(Oc2cc(N)ccc2N)CC1. The minimum absolute atomic E-state index is 0.0489. The number of carbonyl (C=O) groups is 1. The molecule has 0 spiro atoms. The van der Waals surface area contributed by atoms with E-state index in [0.29, 0.717) is 22.7 Å². The summed E-state index contributed by atoms with van der Waals surface area (Å²) in [7, 11) is 0. The molecule has 4 N–H and O–H groups in total. The second-order valence-corrected chi connectivity index (χ2v) is 5.50. The number of rotatable bonds is 4. The Balaban J connectivity index is 1.85. The average molecular weight is 290 g/mol. The lowest BCUT2D eigenvalue weighted by molar-refractivity contribution is -0.146. The van der Waals surface area contributed by atoms with E-state index in [1.807, 2.05) is 0 Å². The van der Waals surface area contributed by atoms with Crippen LogP contribution in [-0.2, 0) is 9.53 Å². The van der Waals surface area contributed by atoms with Crippen molar-refractivity contribution in [2.24, 2.45) is 0 Å². The molecular weight excluding hydrogens is 268 g/mol. The number of ether oxygens (including phenoxy) is 2. The first kappa shape index (κ1) is 15.2. The molecule has 5 nitrogen and oxygen atoms in total. The average Bonchev–Trinajstić information content (AvgIpc) is 2.45. The predicted octanol–water partition coefficient (Wildman–Crippen LogP) is 2.66. The minimum Gasteiger partial charge on any atom is -0.488 e. The van der Waals surface area contributed by atoms with E-state index in [-0.39, 0.29) is 18.2 Å². The van der Waals surface area contributed by atoms with Crippen molar-refractivity contribution in [3.05, 3.63) is 30.4 Å². The number of benzene rings is 1. The van der Waals surface area contributed by atoms with Gasteiger partial charge in [-0.3, -0.25) is 0 Å². The fourth-order valence-corrected chi connectivity index (χ4v) is 2.35. The topological polar surface area (TPSA) is 87.6 Å². The number of nitrogens with two attached hydrogens (primary N) is 2. The number of carbonyl (C=O) groups excluding carboxylic acids is 1. The number of nitrogen functional groups attached to an aromatic ring is 2. The molecule has 0 saturated heterocycles. The summed E-state index contributed by atoms with van der Waals surface area (Å²) >= 11 is 0. The molecule has 5 heteroatoms. The number of esters is 1. The van der Waals surface area contributed by atoms with Crippen LogP contribution in [0.4, 0.5) is 11.4 Å². The third-order valence-electron chi connectivity index (χ3n) is 3.57. The van der Waals surface area contributed by atoms with Crippen molar-refractivity contribution in [1.29, 1.82) is 0 Å². The highest BCUT2D eigenvalue weighted by molar-refractivity contribution is 5.87. The van der Waals surface area contributed by atoms with Crippen LogP contribution in [0.3, 0.4) is 0 Å². The van der Waals surface area contributed by atoms with Gasteiger partial charge in [0.1, 0.15) is 11.9 Å². The van der Waals surface area contributed by atoms with Crippen LogP contribution in [0.2, 0.25) is 0 Å². The van der Waals surface area contributed by atoms with Gasteiger partial charge < -0.3 is 20.9 Å². The fraction of sp³-hybridized carbons (Fsp3) is 0.438. The Morgan fingerprint density at radius 1 is 1.19 bits per heavy atom. The highest BCUT2D eigenvalue weighted by atomic mass is 16.5. The van der Waals surface area contributed by atoms with Gasteiger partial charge in [0.2, 0.25) is 0 Å². The first-order chi connectivity index (χ1) is 9.95. The molecular formula is C16H22N2O3. The molecule has 1 saturated carbocycles. The van der Waals surface area contributed by atoms with Crippen molar-refractivity contribution in [2.75, 3.05) is 11.5 Å². The van der Waals surface area contributed by atoms with Gasteiger partial charge in [-0.2, -0.15) is 0 Å². The Hall–Kier alpha value is -2.17. The smallest absolute Gasteiger partial charge is 0.333 e. The summed E-state index contributed by atoms with van der Waals surface area (Å²) in [4.78, 5) is 11.5. The molecule has 114 valence electrons. The fourth-order valence-electron chi connectivity index (χ4n) is 2.35. The lowest BCUT2D eigenvalue weighted by Gasteiger charge is -2.29. The molecule has 0 radical (unpaired) electrons. The largest absolute Gasteiger partial charge is 0.488 e. The molecule has 0 aromatic heterocycles. The van der Waals surface area contributed by atoms with Crippen LogP contribution in [0.15, 0.2) is 30.4 Å². The van der Waals surface area contributed by atoms with E-state index in [9.17, 15) is 4.79 Å². The van der Waals surface area contributed by atoms with Crippen molar-refractivity contribution < 1.29 is 14.3 Å². The summed E-state index contributed by atoms with van der Waals surface area (Å²) in [6.45, 7) is 5.24. The van der Waals surface area contributed by atoms with Crippen molar-refractivity contribution in [3.63, 3.8) is 0 Å². The Morgan fingerprint density at radius 2 is 1.81 bits per heavy atom. The summed E-state index contributed by atoms with van der Waals surface area (Å²) in [6.07, 6.45) is 3.24. The summed E-state index contributed by atoms with van der Waals surface area (Å²) in [5, 5.41) is 0. The Bertz CT molecular complexity index is 534. The molecule has 1 aliphatic carbocycles. The maximum absolute atomic E-state index is 11.5. The third-order valence-corrected chi connectivity index (χ3v) is 3.57. The molecule has 1 aliphatic rings. The lowest BCUT2D eigenvalue weighted by atomic mass is 9.95. The van der Waals surface area contributed by atoms with E-state index in [4.69, 9.17) is 20.9 Å². The molecule has 2 rings (SSSR count). The lowest BCUT2D eigenvalue weighted by Crippen LogP contribution is -2.30. The van der Waals surface area contributed by atoms with Crippen molar-refractivity contribution in [3.8, 4) is 5.75 Å². The Morgan fingerprint density at radius 3 is 2.43 bits per heavy atom.